The molecule has 1 aromatic heterocycles. The van der Waals surface area contributed by atoms with Crippen LogP contribution in [0.1, 0.15) is 23.9 Å². The van der Waals surface area contributed by atoms with Crippen molar-refractivity contribution < 1.29 is 24.5 Å². The summed E-state index contributed by atoms with van der Waals surface area (Å²) in [6.07, 6.45) is 0. The topological polar surface area (TPSA) is 106 Å². The second-order valence-electron chi connectivity index (χ2n) is 8.18. The van der Waals surface area contributed by atoms with E-state index in [9.17, 15) is 19.8 Å². The van der Waals surface area contributed by atoms with Gasteiger partial charge in [0.05, 0.1) is 31.1 Å². The van der Waals surface area contributed by atoms with Crippen LogP contribution in [-0.2, 0) is 29.2 Å². The Labute approximate surface area is 194 Å². The summed E-state index contributed by atoms with van der Waals surface area (Å²) in [6, 6.07) is 13.8. The van der Waals surface area contributed by atoms with Gasteiger partial charge < -0.3 is 14.9 Å². The molecule has 2 aromatic rings. The fourth-order valence-corrected chi connectivity index (χ4v) is 3.93. The van der Waals surface area contributed by atoms with Crippen LogP contribution in [0.25, 0.3) is 0 Å². The fraction of sp³-hybridized carbons (Fsp3) is 0.458. The van der Waals surface area contributed by atoms with E-state index in [2.05, 4.69) is 4.90 Å². The summed E-state index contributed by atoms with van der Waals surface area (Å²) in [5.41, 5.74) is 2.85. The molecule has 3 rings (SSSR count). The second-order valence-corrected chi connectivity index (χ2v) is 8.18. The summed E-state index contributed by atoms with van der Waals surface area (Å²) < 4.78 is 5.53. The Hall–Kier alpha value is -3.01. The molecule has 178 valence electrons. The molecule has 9 nitrogen and oxygen atoms in total. The van der Waals surface area contributed by atoms with E-state index in [0.717, 1.165) is 22.7 Å². The first kappa shape index (κ1) is 24.6. The maximum Gasteiger partial charge on any atom is 0.317 e. The van der Waals surface area contributed by atoms with Gasteiger partial charge in [0.25, 0.3) is 0 Å². The number of ether oxygens (including phenoxy) is 1. The molecule has 0 amide bonds. The maximum atomic E-state index is 11.4. The number of benzene rings is 1. The molecule has 2 heterocycles. The summed E-state index contributed by atoms with van der Waals surface area (Å²) in [7, 11) is 0. The molecule has 2 N–H and O–H groups in total. The lowest BCUT2D eigenvalue weighted by Crippen LogP contribution is -2.43. The average Bonchev–Trinajstić information content (AvgIpc) is 2.76. The summed E-state index contributed by atoms with van der Waals surface area (Å²) >= 11 is 0. The van der Waals surface area contributed by atoms with Crippen LogP contribution >= 0.6 is 0 Å². The molecule has 0 aliphatic carbocycles. The minimum Gasteiger partial charge on any atom is -0.494 e. The minimum absolute atomic E-state index is 0.0820. The first-order valence-corrected chi connectivity index (χ1v) is 11.2. The number of pyridine rings is 1. The number of nitrogens with zero attached hydrogens (tertiary/aromatic N) is 4. The van der Waals surface area contributed by atoms with Crippen LogP contribution in [0.4, 0.5) is 0 Å². The molecule has 0 saturated heterocycles. The van der Waals surface area contributed by atoms with E-state index in [0.29, 0.717) is 52.4 Å². The smallest absolute Gasteiger partial charge is 0.317 e. The van der Waals surface area contributed by atoms with Gasteiger partial charge in [0, 0.05) is 45.8 Å². The Balaban J connectivity index is 1.80. The highest BCUT2D eigenvalue weighted by Crippen LogP contribution is 2.16. The maximum absolute atomic E-state index is 11.4. The lowest BCUT2D eigenvalue weighted by Gasteiger charge is -2.30. The van der Waals surface area contributed by atoms with Crippen LogP contribution in [0.15, 0.2) is 42.5 Å². The van der Waals surface area contributed by atoms with Crippen molar-refractivity contribution in [3.05, 3.63) is 59.4 Å². The van der Waals surface area contributed by atoms with Gasteiger partial charge in [-0.3, -0.25) is 29.3 Å². The molecule has 0 fully saturated rings. The van der Waals surface area contributed by atoms with Crippen molar-refractivity contribution in [3.63, 3.8) is 0 Å². The SMILES string of the molecule is CCOc1ccc(CN2CCN(CC(=O)O)CCN(CC(=O)O)Cc3cccc(n3)C2)cc1. The van der Waals surface area contributed by atoms with Crippen molar-refractivity contribution in [2.75, 3.05) is 45.9 Å². The van der Waals surface area contributed by atoms with Crippen molar-refractivity contribution >= 4 is 11.9 Å². The van der Waals surface area contributed by atoms with Crippen molar-refractivity contribution in [1.29, 1.82) is 0 Å². The lowest BCUT2D eigenvalue weighted by atomic mass is 10.2. The predicted molar refractivity (Wildman–Crippen MR) is 123 cm³/mol. The zero-order valence-corrected chi connectivity index (χ0v) is 19.0. The minimum atomic E-state index is -0.912. The predicted octanol–water partition coefficient (Wildman–Crippen LogP) is 1.77. The standard InChI is InChI=1S/C24H32N4O5/c1-2-33-22-8-6-19(7-9-22)14-27-12-10-26(17-23(29)30)11-13-28(18-24(31)32)16-21-5-3-4-20(15-27)25-21/h3-9H,2,10-18H2,1H3,(H,29,30)(H,31,32). The van der Waals surface area contributed by atoms with Gasteiger partial charge in [-0.05, 0) is 36.8 Å². The van der Waals surface area contributed by atoms with Crippen LogP contribution < -0.4 is 4.74 Å². The summed E-state index contributed by atoms with van der Waals surface area (Å²) in [4.78, 5) is 33.4. The van der Waals surface area contributed by atoms with Gasteiger partial charge in [-0.15, -0.1) is 0 Å². The first-order valence-electron chi connectivity index (χ1n) is 11.2. The molecule has 0 radical (unpaired) electrons. The molecule has 1 aromatic carbocycles. The van der Waals surface area contributed by atoms with Gasteiger partial charge in [0.2, 0.25) is 0 Å². The van der Waals surface area contributed by atoms with Gasteiger partial charge in [-0.1, -0.05) is 18.2 Å². The van der Waals surface area contributed by atoms with E-state index in [4.69, 9.17) is 9.72 Å². The van der Waals surface area contributed by atoms with E-state index < -0.39 is 11.9 Å². The number of fused-ring (bicyclic) bond motifs is 2. The zero-order valence-electron chi connectivity index (χ0n) is 19.0. The molecule has 9 heteroatoms. The highest BCUT2D eigenvalue weighted by molar-refractivity contribution is 5.69. The Bertz CT molecular complexity index is 921. The first-order chi connectivity index (χ1) is 15.9. The molecule has 1 aliphatic heterocycles. The monoisotopic (exact) mass is 456 g/mol. The summed E-state index contributed by atoms with van der Waals surface area (Å²) in [6.45, 7) is 6.23. The molecular formula is C24H32N4O5. The number of carboxylic acids is 2. The van der Waals surface area contributed by atoms with Gasteiger partial charge in [-0.25, -0.2) is 0 Å². The fourth-order valence-electron chi connectivity index (χ4n) is 3.93. The molecule has 0 unspecified atom stereocenters. The highest BCUT2D eigenvalue weighted by atomic mass is 16.5. The normalized spacial score (nSPS) is 16.5. The number of aliphatic carboxylic acids is 2. The van der Waals surface area contributed by atoms with Crippen molar-refractivity contribution in [1.82, 2.24) is 19.7 Å². The van der Waals surface area contributed by atoms with E-state index in [1.54, 1.807) is 4.90 Å². The molecule has 1 aliphatic rings. The molecular weight excluding hydrogens is 424 g/mol. The number of carboxylic acid groups (broad SMARTS) is 2. The number of hydrogen-bond acceptors (Lipinski definition) is 7. The van der Waals surface area contributed by atoms with Crippen LogP contribution in [-0.4, -0.2) is 87.7 Å². The third-order valence-corrected chi connectivity index (χ3v) is 5.46. The second kappa shape index (κ2) is 12.3. The highest BCUT2D eigenvalue weighted by Gasteiger charge is 2.18. The molecule has 0 spiro atoms. The third kappa shape index (κ3) is 8.45. The Kier molecular flexibility index (Phi) is 9.17. The molecule has 0 atom stereocenters. The van der Waals surface area contributed by atoms with Gasteiger partial charge in [-0.2, -0.15) is 0 Å². The summed E-state index contributed by atoms with van der Waals surface area (Å²) in [5.74, 6) is -0.968. The van der Waals surface area contributed by atoms with Crippen LogP contribution in [0.5, 0.6) is 5.75 Å². The van der Waals surface area contributed by atoms with Crippen molar-refractivity contribution in [3.8, 4) is 5.75 Å². The Morgan fingerprint density at radius 3 is 2.00 bits per heavy atom. The van der Waals surface area contributed by atoms with E-state index in [-0.39, 0.29) is 13.1 Å². The zero-order chi connectivity index (χ0) is 23.6. The van der Waals surface area contributed by atoms with Gasteiger partial charge in [0.15, 0.2) is 0 Å². The van der Waals surface area contributed by atoms with Gasteiger partial charge >= 0.3 is 11.9 Å². The van der Waals surface area contributed by atoms with Crippen molar-refractivity contribution in [2.24, 2.45) is 0 Å². The molecule has 33 heavy (non-hydrogen) atoms. The van der Waals surface area contributed by atoms with Crippen LogP contribution in [0.2, 0.25) is 0 Å². The molecule has 0 saturated carbocycles. The largest absolute Gasteiger partial charge is 0.494 e. The number of rotatable bonds is 8. The Morgan fingerprint density at radius 1 is 0.848 bits per heavy atom. The van der Waals surface area contributed by atoms with E-state index in [1.807, 2.05) is 54.3 Å². The van der Waals surface area contributed by atoms with Gasteiger partial charge in [0.1, 0.15) is 5.75 Å². The number of aromatic nitrogens is 1. The lowest BCUT2D eigenvalue weighted by molar-refractivity contribution is -0.140. The quantitative estimate of drug-likeness (QED) is 0.615. The Morgan fingerprint density at radius 2 is 1.39 bits per heavy atom. The van der Waals surface area contributed by atoms with Crippen LogP contribution in [0.3, 0.4) is 0 Å². The molecule has 2 bridgehead atoms. The van der Waals surface area contributed by atoms with E-state index in [1.165, 1.54) is 0 Å². The van der Waals surface area contributed by atoms with E-state index >= 15 is 0 Å². The number of carbonyl (C=O) groups is 2. The van der Waals surface area contributed by atoms with Crippen LogP contribution in [0, 0.1) is 0 Å². The van der Waals surface area contributed by atoms with Crippen molar-refractivity contribution in [2.45, 2.75) is 26.6 Å². The average molecular weight is 457 g/mol. The third-order valence-electron chi connectivity index (χ3n) is 5.46. The number of hydrogen-bond donors (Lipinski definition) is 2. The summed E-state index contributed by atoms with van der Waals surface area (Å²) in [5, 5.41) is 18.6.